The van der Waals surface area contributed by atoms with E-state index in [0.717, 1.165) is 18.7 Å². The van der Waals surface area contributed by atoms with Crippen LogP contribution in [0.3, 0.4) is 0 Å². The second-order valence-corrected chi connectivity index (χ2v) is 9.37. The van der Waals surface area contributed by atoms with E-state index >= 15 is 0 Å². The van der Waals surface area contributed by atoms with Crippen LogP contribution >= 0.6 is 11.6 Å². The van der Waals surface area contributed by atoms with Crippen LogP contribution in [0.2, 0.25) is 0 Å². The van der Waals surface area contributed by atoms with Crippen molar-refractivity contribution in [3.05, 3.63) is 71.8 Å². The molecule has 2 aromatic rings. The molecule has 172 valence electrons. The molecule has 0 aromatic heterocycles. The van der Waals surface area contributed by atoms with Crippen molar-refractivity contribution < 1.29 is 23.7 Å². The van der Waals surface area contributed by atoms with Crippen molar-refractivity contribution in [3.63, 3.8) is 0 Å². The van der Waals surface area contributed by atoms with E-state index in [2.05, 4.69) is 29.2 Å². The van der Waals surface area contributed by atoms with Crippen LogP contribution in [0.25, 0.3) is 0 Å². The van der Waals surface area contributed by atoms with E-state index in [9.17, 15) is 0 Å². The highest BCUT2D eigenvalue weighted by Crippen LogP contribution is 2.45. The van der Waals surface area contributed by atoms with Crippen LogP contribution < -0.4 is 0 Å². The quantitative estimate of drug-likeness (QED) is 0.581. The zero-order valence-electron chi connectivity index (χ0n) is 18.4. The first-order valence-corrected chi connectivity index (χ1v) is 11.7. The maximum atomic E-state index is 6.48. The molecular weight excluding hydrogens is 430 g/mol. The predicted molar refractivity (Wildman–Crippen MR) is 120 cm³/mol. The summed E-state index contributed by atoms with van der Waals surface area (Å²) in [6.07, 6.45) is -2.02. The van der Waals surface area contributed by atoms with Crippen LogP contribution in [0.5, 0.6) is 0 Å². The summed E-state index contributed by atoms with van der Waals surface area (Å²) in [7, 11) is 0. The van der Waals surface area contributed by atoms with Gasteiger partial charge in [-0.15, -0.1) is 11.6 Å². The molecule has 0 spiro atoms. The lowest BCUT2D eigenvalue weighted by molar-refractivity contribution is -0.311. The Labute approximate surface area is 194 Å². The SMILES string of the molecule is CC1(C)O[C@H]2O[C@H]3[C@H](O[C@@H](c4ccccc4)O[C@H]3CN(CCCl)Cc3ccccc3)[C@H]2O1. The van der Waals surface area contributed by atoms with E-state index in [1.807, 2.05) is 50.2 Å². The van der Waals surface area contributed by atoms with E-state index < -0.39 is 18.4 Å². The molecule has 2 aromatic carbocycles. The van der Waals surface area contributed by atoms with Gasteiger partial charge in [0.2, 0.25) is 0 Å². The smallest absolute Gasteiger partial charge is 0.190 e. The van der Waals surface area contributed by atoms with Crippen molar-refractivity contribution in [3.8, 4) is 0 Å². The number of hydrogen-bond donors (Lipinski definition) is 0. The standard InChI is InChI=1S/C25H30ClNO5/c1-25(2)31-22-21-20(29-24(22)32-25)19(28-23(30-21)18-11-7-4-8-12-18)16-27(14-13-26)15-17-9-5-3-6-10-17/h3-12,19-24H,13-16H2,1-2H3/t19-,20+,21-,22+,23-,24+/m0/s1. The average molecular weight is 460 g/mol. The summed E-state index contributed by atoms with van der Waals surface area (Å²) in [6, 6.07) is 20.4. The van der Waals surface area contributed by atoms with Gasteiger partial charge in [0, 0.05) is 31.1 Å². The van der Waals surface area contributed by atoms with Crippen LogP contribution in [-0.2, 0) is 30.2 Å². The molecule has 3 saturated heterocycles. The van der Waals surface area contributed by atoms with Gasteiger partial charge < -0.3 is 23.7 Å². The molecule has 6 nitrogen and oxygen atoms in total. The lowest BCUT2D eigenvalue weighted by Gasteiger charge is -2.41. The third-order valence-corrected chi connectivity index (χ3v) is 6.30. The Kier molecular flexibility index (Phi) is 6.54. The summed E-state index contributed by atoms with van der Waals surface area (Å²) >= 11 is 6.15. The van der Waals surface area contributed by atoms with E-state index in [1.165, 1.54) is 5.56 Å². The minimum absolute atomic E-state index is 0.216. The second-order valence-electron chi connectivity index (χ2n) is 9.00. The number of ether oxygens (including phenoxy) is 5. The first-order valence-electron chi connectivity index (χ1n) is 11.2. The number of alkyl halides is 1. The van der Waals surface area contributed by atoms with Gasteiger partial charge in [-0.3, -0.25) is 4.90 Å². The highest BCUT2D eigenvalue weighted by atomic mass is 35.5. The van der Waals surface area contributed by atoms with Crippen molar-refractivity contribution >= 4 is 11.6 Å². The average Bonchev–Trinajstić information content (AvgIpc) is 3.27. The molecule has 3 fully saturated rings. The first kappa shape index (κ1) is 22.3. The van der Waals surface area contributed by atoms with Gasteiger partial charge in [-0.25, -0.2) is 0 Å². The van der Waals surface area contributed by atoms with Crippen molar-refractivity contribution in [1.29, 1.82) is 0 Å². The number of fused-ring (bicyclic) bond motifs is 3. The summed E-state index contributed by atoms with van der Waals surface area (Å²) in [5.74, 6) is -0.156. The number of hydrogen-bond acceptors (Lipinski definition) is 6. The van der Waals surface area contributed by atoms with Crippen LogP contribution in [0.1, 0.15) is 31.3 Å². The third kappa shape index (κ3) is 4.73. The van der Waals surface area contributed by atoms with Gasteiger partial charge in [0.25, 0.3) is 0 Å². The Morgan fingerprint density at radius 2 is 1.56 bits per heavy atom. The second kappa shape index (κ2) is 9.39. The number of nitrogens with zero attached hydrogens (tertiary/aromatic N) is 1. The fourth-order valence-corrected chi connectivity index (χ4v) is 4.97. The molecule has 0 unspecified atom stereocenters. The molecule has 5 rings (SSSR count). The largest absolute Gasteiger partial charge is 0.341 e. The van der Waals surface area contributed by atoms with E-state index in [4.69, 9.17) is 35.3 Å². The summed E-state index contributed by atoms with van der Waals surface area (Å²) in [5.41, 5.74) is 2.21. The zero-order valence-corrected chi connectivity index (χ0v) is 19.2. The topological polar surface area (TPSA) is 49.4 Å². The highest BCUT2D eigenvalue weighted by Gasteiger charge is 2.60. The van der Waals surface area contributed by atoms with Gasteiger partial charge in [-0.05, 0) is 19.4 Å². The van der Waals surface area contributed by atoms with Gasteiger partial charge in [0.1, 0.15) is 24.4 Å². The minimum atomic E-state index is -0.697. The van der Waals surface area contributed by atoms with Crippen LogP contribution in [0, 0.1) is 0 Å². The third-order valence-electron chi connectivity index (χ3n) is 6.13. The van der Waals surface area contributed by atoms with Gasteiger partial charge in [0.15, 0.2) is 18.4 Å². The summed E-state index contributed by atoms with van der Waals surface area (Å²) in [6.45, 7) is 6.00. The predicted octanol–water partition coefficient (Wildman–Crippen LogP) is 4.09. The maximum Gasteiger partial charge on any atom is 0.190 e. The normalized spacial score (nSPS) is 33.2. The molecule has 3 heterocycles. The van der Waals surface area contributed by atoms with Gasteiger partial charge in [-0.1, -0.05) is 60.7 Å². The zero-order chi connectivity index (χ0) is 22.1. The molecular formula is C25H30ClNO5. The maximum absolute atomic E-state index is 6.48. The van der Waals surface area contributed by atoms with Crippen LogP contribution in [-0.4, -0.2) is 60.4 Å². The molecule has 32 heavy (non-hydrogen) atoms. The van der Waals surface area contributed by atoms with Crippen LogP contribution in [0.4, 0.5) is 0 Å². The fraction of sp³-hybridized carbons (Fsp3) is 0.520. The van der Waals surface area contributed by atoms with Crippen LogP contribution in [0.15, 0.2) is 60.7 Å². The Morgan fingerprint density at radius 3 is 2.28 bits per heavy atom. The summed E-state index contributed by atoms with van der Waals surface area (Å²) in [5, 5.41) is 0. The molecule has 0 bridgehead atoms. The molecule has 7 heteroatoms. The molecule has 0 saturated carbocycles. The van der Waals surface area contributed by atoms with Crippen molar-refractivity contribution in [1.82, 2.24) is 4.90 Å². The Morgan fingerprint density at radius 1 is 0.844 bits per heavy atom. The number of benzene rings is 2. The monoisotopic (exact) mass is 459 g/mol. The molecule has 3 aliphatic rings. The Hall–Kier alpha value is -1.51. The Bertz CT molecular complexity index is 882. The van der Waals surface area contributed by atoms with Crippen molar-refractivity contribution in [2.75, 3.05) is 19.0 Å². The van der Waals surface area contributed by atoms with Crippen molar-refractivity contribution in [2.24, 2.45) is 0 Å². The lowest BCUT2D eigenvalue weighted by Crippen LogP contribution is -2.53. The molecule has 0 radical (unpaired) electrons. The summed E-state index contributed by atoms with van der Waals surface area (Å²) in [4.78, 5) is 2.31. The van der Waals surface area contributed by atoms with E-state index in [-0.39, 0.29) is 24.4 Å². The first-order chi connectivity index (χ1) is 15.5. The molecule has 3 aliphatic heterocycles. The van der Waals surface area contributed by atoms with Gasteiger partial charge in [0.05, 0.1) is 0 Å². The fourth-order valence-electron chi connectivity index (χ4n) is 4.73. The molecule has 0 amide bonds. The number of halogens is 1. The van der Waals surface area contributed by atoms with E-state index in [0.29, 0.717) is 12.4 Å². The van der Waals surface area contributed by atoms with E-state index in [1.54, 1.807) is 0 Å². The van der Waals surface area contributed by atoms with Gasteiger partial charge >= 0.3 is 0 Å². The molecule has 6 atom stereocenters. The minimum Gasteiger partial charge on any atom is -0.341 e. The summed E-state index contributed by atoms with van der Waals surface area (Å²) < 4.78 is 31.3. The Balaban J connectivity index is 1.38. The van der Waals surface area contributed by atoms with Crippen molar-refractivity contribution in [2.45, 2.75) is 63.2 Å². The van der Waals surface area contributed by atoms with Gasteiger partial charge in [-0.2, -0.15) is 0 Å². The highest BCUT2D eigenvalue weighted by molar-refractivity contribution is 6.18. The lowest BCUT2D eigenvalue weighted by atomic mass is 10.0. The molecule has 0 aliphatic carbocycles. The molecule has 0 N–H and O–H groups in total. The number of rotatable bonds is 7.